The SMILES string of the molecule is Cc1ccc(CNC(=O)[C@@H](C)OC(=O)c2ccc[nH]2)cc1. The lowest BCUT2D eigenvalue weighted by molar-refractivity contribution is -0.129. The average Bonchev–Trinajstić information content (AvgIpc) is 3.00. The lowest BCUT2D eigenvalue weighted by atomic mass is 10.1. The van der Waals surface area contributed by atoms with E-state index in [1.54, 1.807) is 25.3 Å². The average molecular weight is 286 g/mol. The Balaban J connectivity index is 1.82. The molecule has 0 radical (unpaired) electrons. The number of carbonyl (C=O) groups is 2. The first-order chi connectivity index (χ1) is 10.1. The summed E-state index contributed by atoms with van der Waals surface area (Å²) in [5, 5.41) is 2.74. The van der Waals surface area contributed by atoms with Crippen LogP contribution in [0, 0.1) is 6.92 Å². The maximum absolute atomic E-state index is 11.9. The van der Waals surface area contributed by atoms with Crippen molar-refractivity contribution in [1.29, 1.82) is 0 Å². The van der Waals surface area contributed by atoms with E-state index in [0.29, 0.717) is 12.2 Å². The first-order valence-electron chi connectivity index (χ1n) is 6.74. The fourth-order valence-corrected chi connectivity index (χ4v) is 1.77. The molecule has 0 bridgehead atoms. The van der Waals surface area contributed by atoms with E-state index in [1.165, 1.54) is 5.56 Å². The van der Waals surface area contributed by atoms with Crippen molar-refractivity contribution in [1.82, 2.24) is 10.3 Å². The summed E-state index contributed by atoms with van der Waals surface area (Å²) in [6.45, 7) is 3.96. The Morgan fingerprint density at radius 3 is 2.57 bits per heavy atom. The number of rotatable bonds is 5. The van der Waals surface area contributed by atoms with E-state index in [9.17, 15) is 9.59 Å². The number of hydrogen-bond acceptors (Lipinski definition) is 3. The van der Waals surface area contributed by atoms with E-state index in [1.807, 2.05) is 31.2 Å². The molecule has 0 saturated heterocycles. The number of H-pyrrole nitrogens is 1. The van der Waals surface area contributed by atoms with E-state index in [0.717, 1.165) is 5.56 Å². The van der Waals surface area contributed by atoms with Crippen molar-refractivity contribution in [2.24, 2.45) is 0 Å². The normalized spacial score (nSPS) is 11.7. The molecule has 1 aromatic heterocycles. The summed E-state index contributed by atoms with van der Waals surface area (Å²) < 4.78 is 5.08. The molecule has 1 heterocycles. The molecular weight excluding hydrogens is 268 g/mol. The second-order valence-corrected chi connectivity index (χ2v) is 4.83. The summed E-state index contributed by atoms with van der Waals surface area (Å²) in [5.74, 6) is -0.867. The second kappa shape index (κ2) is 6.74. The highest BCUT2D eigenvalue weighted by Gasteiger charge is 2.18. The second-order valence-electron chi connectivity index (χ2n) is 4.83. The predicted molar refractivity (Wildman–Crippen MR) is 78.7 cm³/mol. The molecule has 0 aliphatic rings. The maximum Gasteiger partial charge on any atom is 0.355 e. The molecule has 1 amide bonds. The van der Waals surface area contributed by atoms with Crippen LogP contribution < -0.4 is 5.32 Å². The van der Waals surface area contributed by atoms with Crippen LogP contribution in [0.4, 0.5) is 0 Å². The number of hydrogen-bond donors (Lipinski definition) is 2. The fourth-order valence-electron chi connectivity index (χ4n) is 1.77. The van der Waals surface area contributed by atoms with Gasteiger partial charge in [-0.3, -0.25) is 4.79 Å². The Kier molecular flexibility index (Phi) is 4.77. The highest BCUT2D eigenvalue weighted by molar-refractivity contribution is 5.90. The van der Waals surface area contributed by atoms with Gasteiger partial charge in [0.15, 0.2) is 6.10 Å². The summed E-state index contributed by atoms with van der Waals surface area (Å²) >= 11 is 0. The van der Waals surface area contributed by atoms with Crippen molar-refractivity contribution >= 4 is 11.9 Å². The summed E-state index contributed by atoms with van der Waals surface area (Å²) in [6.07, 6.45) is 0.782. The van der Waals surface area contributed by atoms with Gasteiger partial charge in [0.25, 0.3) is 5.91 Å². The van der Waals surface area contributed by atoms with Gasteiger partial charge in [-0.15, -0.1) is 0 Å². The van der Waals surface area contributed by atoms with Crippen LogP contribution in [0.3, 0.4) is 0 Å². The van der Waals surface area contributed by atoms with Crippen molar-refractivity contribution < 1.29 is 14.3 Å². The highest BCUT2D eigenvalue weighted by Crippen LogP contribution is 2.04. The van der Waals surface area contributed by atoms with Gasteiger partial charge in [0, 0.05) is 12.7 Å². The van der Waals surface area contributed by atoms with Crippen molar-refractivity contribution in [2.75, 3.05) is 0 Å². The number of benzene rings is 1. The summed E-state index contributed by atoms with van der Waals surface area (Å²) in [5.41, 5.74) is 2.49. The Hall–Kier alpha value is -2.56. The van der Waals surface area contributed by atoms with E-state index in [2.05, 4.69) is 10.3 Å². The molecule has 5 heteroatoms. The zero-order valence-electron chi connectivity index (χ0n) is 12.1. The molecule has 0 aliphatic heterocycles. The largest absolute Gasteiger partial charge is 0.448 e. The number of amides is 1. The van der Waals surface area contributed by atoms with E-state index < -0.39 is 12.1 Å². The first kappa shape index (κ1) is 14.8. The molecule has 5 nitrogen and oxygen atoms in total. The van der Waals surface area contributed by atoms with Gasteiger partial charge >= 0.3 is 5.97 Å². The van der Waals surface area contributed by atoms with Gasteiger partial charge in [-0.2, -0.15) is 0 Å². The van der Waals surface area contributed by atoms with Crippen molar-refractivity contribution in [3.05, 3.63) is 59.4 Å². The number of aromatic nitrogens is 1. The fraction of sp³-hybridized carbons (Fsp3) is 0.250. The minimum Gasteiger partial charge on any atom is -0.448 e. The molecule has 0 saturated carbocycles. The Morgan fingerprint density at radius 1 is 1.24 bits per heavy atom. The van der Waals surface area contributed by atoms with Gasteiger partial charge in [-0.1, -0.05) is 29.8 Å². The number of carbonyl (C=O) groups excluding carboxylic acids is 2. The molecule has 0 unspecified atom stereocenters. The molecule has 1 aromatic carbocycles. The zero-order chi connectivity index (χ0) is 15.2. The molecular formula is C16H18N2O3. The van der Waals surface area contributed by atoms with Gasteiger partial charge < -0.3 is 15.0 Å². The van der Waals surface area contributed by atoms with Crippen molar-refractivity contribution in [2.45, 2.75) is 26.5 Å². The van der Waals surface area contributed by atoms with Crippen LogP contribution in [0.15, 0.2) is 42.6 Å². The van der Waals surface area contributed by atoms with Gasteiger partial charge in [0.05, 0.1) is 0 Å². The van der Waals surface area contributed by atoms with Crippen LogP contribution in [-0.2, 0) is 16.1 Å². The Labute approximate surface area is 123 Å². The summed E-state index contributed by atoms with van der Waals surface area (Å²) in [6, 6.07) is 11.2. The Bertz CT molecular complexity index is 603. The Morgan fingerprint density at radius 2 is 1.95 bits per heavy atom. The van der Waals surface area contributed by atoms with Crippen LogP contribution in [0.25, 0.3) is 0 Å². The molecule has 2 N–H and O–H groups in total. The third-order valence-electron chi connectivity index (χ3n) is 3.06. The molecule has 0 aliphatic carbocycles. The lowest BCUT2D eigenvalue weighted by Gasteiger charge is -2.13. The third kappa shape index (κ3) is 4.21. The number of esters is 1. The van der Waals surface area contributed by atoms with Crippen LogP contribution >= 0.6 is 0 Å². The van der Waals surface area contributed by atoms with Crippen molar-refractivity contribution in [3.8, 4) is 0 Å². The van der Waals surface area contributed by atoms with Gasteiger partial charge in [0.2, 0.25) is 0 Å². The van der Waals surface area contributed by atoms with Gasteiger partial charge in [-0.05, 0) is 31.5 Å². The van der Waals surface area contributed by atoms with E-state index in [-0.39, 0.29) is 5.91 Å². The van der Waals surface area contributed by atoms with E-state index >= 15 is 0 Å². The first-order valence-corrected chi connectivity index (χ1v) is 6.74. The molecule has 0 spiro atoms. The van der Waals surface area contributed by atoms with Crippen molar-refractivity contribution in [3.63, 3.8) is 0 Å². The third-order valence-corrected chi connectivity index (χ3v) is 3.06. The maximum atomic E-state index is 11.9. The summed E-state index contributed by atoms with van der Waals surface area (Å²) in [7, 11) is 0. The minimum absolute atomic E-state index is 0.324. The number of aryl methyl sites for hydroxylation is 1. The van der Waals surface area contributed by atoms with Gasteiger partial charge in [0.1, 0.15) is 5.69 Å². The van der Waals surface area contributed by atoms with Crippen LogP contribution in [0.2, 0.25) is 0 Å². The number of nitrogens with one attached hydrogen (secondary N) is 2. The quantitative estimate of drug-likeness (QED) is 0.828. The monoisotopic (exact) mass is 286 g/mol. The molecule has 21 heavy (non-hydrogen) atoms. The van der Waals surface area contributed by atoms with Gasteiger partial charge in [-0.25, -0.2) is 4.79 Å². The van der Waals surface area contributed by atoms with Crippen LogP contribution in [-0.4, -0.2) is 23.0 Å². The van der Waals surface area contributed by atoms with Crippen LogP contribution in [0.5, 0.6) is 0 Å². The van der Waals surface area contributed by atoms with Crippen LogP contribution in [0.1, 0.15) is 28.5 Å². The number of ether oxygens (including phenoxy) is 1. The highest BCUT2D eigenvalue weighted by atomic mass is 16.5. The zero-order valence-corrected chi connectivity index (χ0v) is 12.1. The minimum atomic E-state index is -0.841. The standard InChI is InChI=1S/C16H18N2O3/c1-11-5-7-13(8-6-11)10-18-15(19)12(2)21-16(20)14-4-3-9-17-14/h3-9,12,17H,10H2,1-2H3,(H,18,19)/t12-/m1/s1. The molecule has 110 valence electrons. The van der Waals surface area contributed by atoms with E-state index in [4.69, 9.17) is 4.74 Å². The molecule has 2 rings (SSSR count). The molecule has 1 atom stereocenters. The lowest BCUT2D eigenvalue weighted by Crippen LogP contribution is -2.35. The topological polar surface area (TPSA) is 71.2 Å². The summed E-state index contributed by atoms with van der Waals surface area (Å²) in [4.78, 5) is 26.3. The number of aromatic amines is 1. The smallest absolute Gasteiger partial charge is 0.355 e. The molecule has 2 aromatic rings. The molecule has 0 fully saturated rings. The predicted octanol–water partition coefficient (Wildman–Crippen LogP) is 2.18.